The summed E-state index contributed by atoms with van der Waals surface area (Å²) in [7, 11) is 0. The fourth-order valence-electron chi connectivity index (χ4n) is 0. The van der Waals surface area contributed by atoms with E-state index in [0.717, 1.165) is 12.2 Å². The van der Waals surface area contributed by atoms with Gasteiger partial charge in [-0.25, -0.2) is 0 Å². The van der Waals surface area contributed by atoms with Gasteiger partial charge in [0.05, 0.1) is 0 Å². The van der Waals surface area contributed by atoms with Crippen molar-refractivity contribution in [3.05, 3.63) is 0 Å². The van der Waals surface area contributed by atoms with Crippen molar-refractivity contribution in [2.75, 3.05) is 5.75 Å². The Labute approximate surface area is 66.7 Å². The zero-order chi connectivity index (χ0) is 3.41. The Morgan fingerprint density at radius 1 is 1.60 bits per heavy atom. The van der Waals surface area contributed by atoms with Crippen molar-refractivity contribution in [2.24, 2.45) is 0 Å². The van der Waals surface area contributed by atoms with Gasteiger partial charge in [-0.1, -0.05) is 13.3 Å². The van der Waals surface area contributed by atoms with Gasteiger partial charge >= 0.3 is 0 Å². The van der Waals surface area contributed by atoms with Crippen LogP contribution in [0, 0.1) is 35.6 Å². The largest absolute Gasteiger partial charge is 0.793 e. The fraction of sp³-hybridized carbons (Fsp3) is 1.00. The molecule has 0 rings (SSSR count). The average Bonchev–Trinajstić information content (AvgIpc) is 1.37. The molecule has 0 aromatic carbocycles. The van der Waals surface area contributed by atoms with Gasteiger partial charge in [0.2, 0.25) is 0 Å². The summed E-state index contributed by atoms with van der Waals surface area (Å²) in [5.74, 6) is 0.903. The van der Waals surface area contributed by atoms with Crippen molar-refractivity contribution in [3.8, 4) is 0 Å². The molecule has 0 atom stereocenters. The summed E-state index contributed by atoms with van der Waals surface area (Å²) in [5.41, 5.74) is 0. The molecule has 0 aliphatic heterocycles. The van der Waals surface area contributed by atoms with E-state index in [1.165, 1.54) is 0 Å². The van der Waals surface area contributed by atoms with Crippen LogP contribution in [-0.4, -0.2) is 5.75 Å². The monoisotopic (exact) mass is 214 g/mol. The molecule has 1 radical (unpaired) electrons. The minimum Gasteiger partial charge on any atom is -0.793 e. The van der Waals surface area contributed by atoms with Crippen LogP contribution in [0.1, 0.15) is 13.3 Å². The first-order valence-electron chi connectivity index (χ1n) is 1.50. The van der Waals surface area contributed by atoms with Crippen molar-refractivity contribution in [3.63, 3.8) is 0 Å². The Morgan fingerprint density at radius 3 is 1.80 bits per heavy atom. The first kappa shape index (κ1) is 9.74. The van der Waals surface area contributed by atoms with Gasteiger partial charge in [-0.3, -0.25) is 0 Å². The Balaban J connectivity index is 0. The maximum Gasteiger partial charge on any atom is 0 e. The molecular weight excluding hydrogens is 207 g/mol. The molecule has 0 aromatic heterocycles. The molecule has 0 aliphatic rings. The summed E-state index contributed by atoms with van der Waals surface area (Å²) in [4.78, 5) is 0. The van der Waals surface area contributed by atoms with Gasteiger partial charge in [0.25, 0.3) is 0 Å². The normalized spacial score (nSPS) is 6.00. The topological polar surface area (TPSA) is 0 Å². The molecular formula is C3H7LaS-. The maximum atomic E-state index is 4.55. The zero-order valence-corrected chi connectivity index (χ0v) is 7.84. The van der Waals surface area contributed by atoms with E-state index in [1.54, 1.807) is 0 Å². The van der Waals surface area contributed by atoms with Gasteiger partial charge in [0.15, 0.2) is 0 Å². The van der Waals surface area contributed by atoms with Crippen molar-refractivity contribution in [1.29, 1.82) is 0 Å². The van der Waals surface area contributed by atoms with Crippen molar-refractivity contribution in [2.45, 2.75) is 13.3 Å². The first-order valence-corrected chi connectivity index (χ1v) is 2.07. The third kappa shape index (κ3) is 10.8. The number of rotatable bonds is 1. The average molecular weight is 214 g/mol. The van der Waals surface area contributed by atoms with Crippen LogP contribution in [0.4, 0.5) is 0 Å². The van der Waals surface area contributed by atoms with E-state index in [9.17, 15) is 0 Å². The van der Waals surface area contributed by atoms with E-state index in [1.807, 2.05) is 0 Å². The quantitative estimate of drug-likeness (QED) is 0.585. The smallest absolute Gasteiger partial charge is 0 e. The van der Waals surface area contributed by atoms with Gasteiger partial charge in [-0.05, 0) is 0 Å². The molecule has 0 spiro atoms. The summed E-state index contributed by atoms with van der Waals surface area (Å²) in [6, 6.07) is 0. The SMILES string of the molecule is CCC[S-].[La]. The van der Waals surface area contributed by atoms with Crippen molar-refractivity contribution >= 4 is 12.6 Å². The van der Waals surface area contributed by atoms with Crippen LogP contribution < -0.4 is 0 Å². The summed E-state index contributed by atoms with van der Waals surface area (Å²) in [5, 5.41) is 0. The summed E-state index contributed by atoms with van der Waals surface area (Å²) < 4.78 is 0. The molecule has 2 heteroatoms. The van der Waals surface area contributed by atoms with E-state index in [-0.39, 0.29) is 35.6 Å². The molecule has 0 amide bonds. The summed E-state index contributed by atoms with van der Waals surface area (Å²) >= 11 is 4.55. The Morgan fingerprint density at radius 2 is 1.80 bits per heavy atom. The van der Waals surface area contributed by atoms with Gasteiger partial charge in [0.1, 0.15) is 0 Å². The molecule has 0 fully saturated rings. The molecule has 5 heavy (non-hydrogen) atoms. The molecule has 0 bridgehead atoms. The second kappa shape index (κ2) is 9.11. The van der Waals surface area contributed by atoms with E-state index in [0.29, 0.717) is 0 Å². The van der Waals surface area contributed by atoms with E-state index in [2.05, 4.69) is 19.6 Å². The Kier molecular flexibility index (Phi) is 17.8. The molecule has 0 aliphatic carbocycles. The van der Waals surface area contributed by atoms with Crippen LogP contribution in [0.5, 0.6) is 0 Å². The number of hydrogen-bond acceptors (Lipinski definition) is 1. The fourth-order valence-corrected chi connectivity index (χ4v) is 0. The van der Waals surface area contributed by atoms with Crippen LogP contribution in [0.2, 0.25) is 0 Å². The summed E-state index contributed by atoms with van der Waals surface area (Å²) in [6.45, 7) is 2.08. The third-order valence-corrected chi connectivity index (χ3v) is 0.612. The van der Waals surface area contributed by atoms with Crippen molar-refractivity contribution in [1.82, 2.24) is 0 Å². The molecule has 0 unspecified atom stereocenters. The standard InChI is InChI=1S/C3H8S.La/c1-2-3-4;/h4H,2-3H2,1H3;/p-1. The number of hydrogen-bond donors (Lipinski definition) is 0. The minimum atomic E-state index is 0. The van der Waals surface area contributed by atoms with Gasteiger partial charge < -0.3 is 12.6 Å². The second-order valence-corrected chi connectivity index (χ2v) is 1.11. The van der Waals surface area contributed by atoms with Crippen LogP contribution in [0.25, 0.3) is 0 Å². The minimum absolute atomic E-state index is 0. The van der Waals surface area contributed by atoms with E-state index >= 15 is 0 Å². The molecule has 0 saturated carbocycles. The second-order valence-electron chi connectivity index (χ2n) is 0.704. The van der Waals surface area contributed by atoms with Gasteiger partial charge in [0, 0.05) is 35.6 Å². The first-order chi connectivity index (χ1) is 1.91. The predicted octanol–water partition coefficient (Wildman–Crippen LogP) is 0.943. The van der Waals surface area contributed by atoms with Gasteiger partial charge in [-0.2, -0.15) is 5.75 Å². The third-order valence-electron chi connectivity index (χ3n) is 0.204. The molecule has 29 valence electrons. The predicted molar refractivity (Wildman–Crippen MR) is 22.5 cm³/mol. The Bertz CT molecular complexity index is 8.85. The van der Waals surface area contributed by atoms with E-state index in [4.69, 9.17) is 0 Å². The van der Waals surface area contributed by atoms with E-state index < -0.39 is 0 Å². The molecule has 0 N–H and O–H groups in total. The molecule has 0 nitrogen and oxygen atoms in total. The van der Waals surface area contributed by atoms with Gasteiger partial charge in [-0.15, -0.1) is 0 Å². The van der Waals surface area contributed by atoms with Crippen LogP contribution in [0.15, 0.2) is 0 Å². The van der Waals surface area contributed by atoms with Crippen molar-refractivity contribution < 1.29 is 35.6 Å². The molecule has 0 saturated heterocycles. The Hall–Kier alpha value is 1.54. The summed E-state index contributed by atoms with van der Waals surface area (Å²) in [6.07, 6.45) is 1.13. The molecule has 0 aromatic rings. The maximum absolute atomic E-state index is 4.55. The van der Waals surface area contributed by atoms with Crippen LogP contribution in [-0.2, 0) is 12.6 Å². The zero-order valence-electron chi connectivity index (χ0n) is 3.40. The van der Waals surface area contributed by atoms with Crippen LogP contribution >= 0.6 is 0 Å². The van der Waals surface area contributed by atoms with Crippen LogP contribution in [0.3, 0.4) is 0 Å². The molecule has 0 heterocycles.